The molecule has 0 N–H and O–H groups in total. The lowest BCUT2D eigenvalue weighted by Crippen LogP contribution is -2.05. The zero-order valence-corrected chi connectivity index (χ0v) is 14.4. The maximum atomic E-state index is 13.0. The van der Waals surface area contributed by atoms with E-state index in [0.29, 0.717) is 35.3 Å². The molecule has 6 heteroatoms. The third-order valence-electron chi connectivity index (χ3n) is 3.43. The molecule has 0 fully saturated rings. The second-order valence-corrected chi connectivity index (χ2v) is 5.54. The fourth-order valence-corrected chi connectivity index (χ4v) is 2.31. The van der Waals surface area contributed by atoms with E-state index in [1.54, 1.807) is 40.8 Å². The Kier molecular flexibility index (Phi) is 5.73. The molecule has 0 saturated heterocycles. The van der Waals surface area contributed by atoms with Crippen LogP contribution in [0.25, 0.3) is 5.69 Å². The molecule has 5 nitrogen and oxygen atoms in total. The van der Waals surface area contributed by atoms with Crippen LogP contribution in [0, 0.1) is 6.92 Å². The highest BCUT2D eigenvalue weighted by Gasteiger charge is 2.20. The third-order valence-corrected chi connectivity index (χ3v) is 3.43. The lowest BCUT2D eigenvalue weighted by molar-refractivity contribution is 0.104. The van der Waals surface area contributed by atoms with E-state index < -0.39 is 6.67 Å². The van der Waals surface area contributed by atoms with Crippen molar-refractivity contribution in [1.82, 2.24) is 14.5 Å². The van der Waals surface area contributed by atoms with Gasteiger partial charge in [0.15, 0.2) is 0 Å². The van der Waals surface area contributed by atoms with E-state index in [4.69, 9.17) is 4.74 Å². The fourth-order valence-electron chi connectivity index (χ4n) is 2.31. The van der Waals surface area contributed by atoms with Crippen molar-refractivity contribution in [2.75, 3.05) is 20.7 Å². The molecule has 24 heavy (non-hydrogen) atoms. The number of hydrogen-bond donors (Lipinski definition) is 0. The Morgan fingerprint density at radius 1 is 1.42 bits per heavy atom. The summed E-state index contributed by atoms with van der Waals surface area (Å²) in [5.41, 5.74) is 2.25. The largest absolute Gasteiger partial charge is 0.465 e. The summed E-state index contributed by atoms with van der Waals surface area (Å²) in [6, 6.07) is 7.36. The molecule has 2 rings (SSSR count). The predicted molar refractivity (Wildman–Crippen MR) is 91.4 cm³/mol. The first-order valence-corrected chi connectivity index (χ1v) is 7.74. The summed E-state index contributed by atoms with van der Waals surface area (Å²) < 4.78 is 20.3. The molecule has 1 aromatic heterocycles. The topological polar surface area (TPSA) is 47.4 Å². The van der Waals surface area contributed by atoms with Crippen molar-refractivity contribution in [3.05, 3.63) is 53.5 Å². The number of halogens is 1. The molecule has 1 heterocycles. The zero-order chi connectivity index (χ0) is 17.7. The summed E-state index contributed by atoms with van der Waals surface area (Å²) in [7, 11) is 3.67. The minimum atomic E-state index is -0.553. The summed E-state index contributed by atoms with van der Waals surface area (Å²) in [5, 5.41) is 0. The summed E-state index contributed by atoms with van der Waals surface area (Å²) in [6.45, 7) is 3.51. The van der Waals surface area contributed by atoms with Gasteiger partial charge in [0.25, 0.3) is 0 Å². The van der Waals surface area contributed by atoms with Crippen LogP contribution in [0.15, 0.2) is 36.5 Å². The molecule has 0 atom stereocenters. The van der Waals surface area contributed by atoms with Crippen LogP contribution >= 0.6 is 0 Å². The van der Waals surface area contributed by atoms with Crippen molar-refractivity contribution in [1.29, 1.82) is 0 Å². The number of nitrogens with zero attached hydrogens (tertiary/aromatic N) is 3. The van der Waals surface area contributed by atoms with Crippen LogP contribution in [-0.2, 0) is 6.67 Å². The molecular formula is C18H22FN3O2. The minimum absolute atomic E-state index is 0.206. The lowest BCUT2D eigenvalue weighted by Gasteiger charge is -2.10. The molecule has 0 aliphatic rings. The van der Waals surface area contributed by atoms with Gasteiger partial charge in [0.1, 0.15) is 12.4 Å². The first kappa shape index (κ1) is 17.7. The number of alkyl halides is 1. The number of ether oxygens (including phenoxy) is 1. The van der Waals surface area contributed by atoms with Gasteiger partial charge in [-0.05, 0) is 31.5 Å². The highest BCUT2D eigenvalue weighted by atomic mass is 19.1. The van der Waals surface area contributed by atoms with Crippen LogP contribution < -0.4 is 4.74 Å². The number of imidazole rings is 1. The van der Waals surface area contributed by atoms with Crippen molar-refractivity contribution in [3.63, 3.8) is 0 Å². The van der Waals surface area contributed by atoms with Gasteiger partial charge in [0.05, 0.1) is 18.0 Å². The number of allylic oxidation sites excluding steroid dienone is 1. The van der Waals surface area contributed by atoms with E-state index in [0.717, 1.165) is 0 Å². The van der Waals surface area contributed by atoms with Crippen molar-refractivity contribution >= 4 is 5.78 Å². The monoisotopic (exact) mass is 331 g/mol. The molecule has 0 saturated carbocycles. The normalized spacial score (nSPS) is 11.0. The SMILES string of the molecule is CCOc1nc(C(=O)/C=C/N(C)C)c(C)n1-c1cccc(CF)c1. The van der Waals surface area contributed by atoms with Crippen molar-refractivity contribution in [3.8, 4) is 11.7 Å². The van der Waals surface area contributed by atoms with Crippen LogP contribution in [0.3, 0.4) is 0 Å². The number of rotatable bonds is 7. The van der Waals surface area contributed by atoms with Crippen molar-refractivity contribution < 1.29 is 13.9 Å². The van der Waals surface area contributed by atoms with E-state index in [1.165, 1.54) is 6.08 Å². The van der Waals surface area contributed by atoms with Crippen LogP contribution in [0.5, 0.6) is 6.01 Å². The number of carbonyl (C=O) groups excluding carboxylic acids is 1. The van der Waals surface area contributed by atoms with E-state index in [-0.39, 0.29) is 5.78 Å². The lowest BCUT2D eigenvalue weighted by atomic mass is 10.2. The average Bonchev–Trinajstić information content (AvgIpc) is 2.89. The maximum Gasteiger partial charge on any atom is 0.301 e. The molecule has 1 aromatic carbocycles. The van der Waals surface area contributed by atoms with E-state index in [1.807, 2.05) is 27.1 Å². The van der Waals surface area contributed by atoms with Gasteiger partial charge in [0.2, 0.25) is 5.78 Å². The Morgan fingerprint density at radius 3 is 2.79 bits per heavy atom. The second-order valence-electron chi connectivity index (χ2n) is 5.54. The molecule has 0 aliphatic heterocycles. The van der Waals surface area contributed by atoms with Crippen LogP contribution in [0.1, 0.15) is 28.7 Å². The molecule has 0 amide bonds. The highest BCUT2D eigenvalue weighted by molar-refractivity contribution is 6.04. The van der Waals surface area contributed by atoms with Gasteiger partial charge in [-0.25, -0.2) is 4.39 Å². The van der Waals surface area contributed by atoms with Crippen molar-refractivity contribution in [2.45, 2.75) is 20.5 Å². The Labute approximate surface area is 141 Å². The quantitative estimate of drug-likeness (QED) is 0.577. The summed E-state index contributed by atoms with van der Waals surface area (Å²) in [6.07, 6.45) is 3.14. The highest BCUT2D eigenvalue weighted by Crippen LogP contribution is 2.25. The van der Waals surface area contributed by atoms with E-state index >= 15 is 0 Å². The second kappa shape index (κ2) is 7.77. The van der Waals surface area contributed by atoms with Crippen LogP contribution in [0.4, 0.5) is 4.39 Å². The molecule has 128 valence electrons. The maximum absolute atomic E-state index is 13.0. The Hall–Kier alpha value is -2.63. The van der Waals surface area contributed by atoms with Gasteiger partial charge in [-0.2, -0.15) is 4.98 Å². The molecular weight excluding hydrogens is 309 g/mol. The molecule has 0 spiro atoms. The summed E-state index contributed by atoms with van der Waals surface area (Å²) >= 11 is 0. The van der Waals surface area contributed by atoms with Gasteiger partial charge >= 0.3 is 6.01 Å². The molecule has 0 unspecified atom stereocenters. The minimum Gasteiger partial charge on any atom is -0.465 e. The van der Waals surface area contributed by atoms with E-state index in [2.05, 4.69) is 4.98 Å². The van der Waals surface area contributed by atoms with Gasteiger partial charge in [0, 0.05) is 26.4 Å². The third kappa shape index (κ3) is 3.82. The Balaban J connectivity index is 2.52. The summed E-state index contributed by atoms with van der Waals surface area (Å²) in [5.74, 6) is -0.206. The molecule has 0 bridgehead atoms. The number of carbonyl (C=O) groups is 1. The number of aromatic nitrogens is 2. The molecule has 2 aromatic rings. The van der Waals surface area contributed by atoms with Gasteiger partial charge < -0.3 is 9.64 Å². The molecule has 0 radical (unpaired) electrons. The first-order chi connectivity index (χ1) is 11.5. The van der Waals surface area contributed by atoms with Gasteiger partial charge in [-0.1, -0.05) is 12.1 Å². The molecule has 0 aliphatic carbocycles. The Bertz CT molecular complexity index is 751. The fraction of sp³-hybridized carbons (Fsp3) is 0.333. The van der Waals surface area contributed by atoms with E-state index in [9.17, 15) is 9.18 Å². The predicted octanol–water partition coefficient (Wildman–Crippen LogP) is 3.31. The first-order valence-electron chi connectivity index (χ1n) is 7.74. The van der Waals surface area contributed by atoms with Crippen LogP contribution in [-0.4, -0.2) is 40.9 Å². The number of ketones is 1. The standard InChI is InChI=1S/C18H22FN3O2/c1-5-24-18-20-17(16(23)9-10-21(3)4)13(2)22(18)15-8-6-7-14(11-15)12-19/h6-11H,5,12H2,1-4H3/b10-9+. The average molecular weight is 331 g/mol. The van der Waals surface area contributed by atoms with Crippen LogP contribution in [0.2, 0.25) is 0 Å². The number of hydrogen-bond acceptors (Lipinski definition) is 4. The smallest absolute Gasteiger partial charge is 0.301 e. The number of benzene rings is 1. The Morgan fingerprint density at radius 2 is 2.17 bits per heavy atom. The van der Waals surface area contributed by atoms with Gasteiger partial charge in [-0.3, -0.25) is 9.36 Å². The summed E-state index contributed by atoms with van der Waals surface area (Å²) in [4.78, 5) is 18.5. The van der Waals surface area contributed by atoms with Gasteiger partial charge in [-0.15, -0.1) is 0 Å². The zero-order valence-electron chi connectivity index (χ0n) is 14.4. The van der Waals surface area contributed by atoms with Crippen molar-refractivity contribution in [2.24, 2.45) is 0 Å².